The predicted molar refractivity (Wildman–Crippen MR) is 113 cm³/mol. The smallest absolute Gasteiger partial charge is 0.259 e. The highest BCUT2D eigenvalue weighted by Gasteiger charge is 2.13. The van der Waals surface area contributed by atoms with Crippen molar-refractivity contribution in [2.24, 2.45) is 0 Å². The van der Waals surface area contributed by atoms with Crippen LogP contribution in [0.1, 0.15) is 23.0 Å². The average molecular weight is 385 g/mol. The molecule has 0 fully saturated rings. The van der Waals surface area contributed by atoms with Gasteiger partial charge in [0, 0.05) is 23.0 Å². The molecule has 1 aromatic heterocycles. The SMILES string of the molecule is CCc1cc(=O)[nH]c(-c2cccc(NC(=O)c3cc4ccccc4cc3O)c2)n1. The van der Waals surface area contributed by atoms with Crippen LogP contribution in [0.25, 0.3) is 22.2 Å². The van der Waals surface area contributed by atoms with Gasteiger partial charge in [0.05, 0.1) is 5.56 Å². The molecule has 6 nitrogen and oxygen atoms in total. The Bertz CT molecular complexity index is 1280. The second-order valence-electron chi connectivity index (χ2n) is 6.69. The number of hydrogen-bond donors (Lipinski definition) is 3. The first-order valence-corrected chi connectivity index (χ1v) is 9.27. The molecular formula is C23H19N3O3. The quantitative estimate of drug-likeness (QED) is 0.493. The number of amides is 1. The summed E-state index contributed by atoms with van der Waals surface area (Å²) in [4.78, 5) is 31.7. The standard InChI is InChI=1S/C23H19N3O3/c1-2-17-13-21(28)26-22(24-17)16-8-5-9-18(10-16)25-23(29)19-11-14-6-3-4-7-15(14)12-20(19)27/h3-13,27H,2H2,1H3,(H,25,29)(H,24,26,28). The van der Waals surface area contributed by atoms with E-state index in [-0.39, 0.29) is 16.9 Å². The lowest BCUT2D eigenvalue weighted by molar-refractivity contribution is 0.102. The maximum Gasteiger partial charge on any atom is 0.259 e. The number of aromatic hydroxyl groups is 1. The second kappa shape index (κ2) is 7.59. The molecule has 0 unspecified atom stereocenters. The maximum absolute atomic E-state index is 12.7. The zero-order valence-electron chi connectivity index (χ0n) is 15.8. The van der Waals surface area contributed by atoms with Gasteiger partial charge in [-0.05, 0) is 41.5 Å². The van der Waals surface area contributed by atoms with E-state index < -0.39 is 5.91 Å². The third-order valence-electron chi connectivity index (χ3n) is 4.66. The Morgan fingerprint density at radius 1 is 1.03 bits per heavy atom. The molecule has 0 bridgehead atoms. The molecule has 3 aromatic carbocycles. The van der Waals surface area contributed by atoms with Gasteiger partial charge in [0.1, 0.15) is 11.6 Å². The number of nitrogens with zero attached hydrogens (tertiary/aromatic N) is 1. The van der Waals surface area contributed by atoms with Gasteiger partial charge in [0.15, 0.2) is 0 Å². The highest BCUT2D eigenvalue weighted by molar-refractivity contribution is 6.08. The molecular weight excluding hydrogens is 366 g/mol. The van der Waals surface area contributed by atoms with Crippen LogP contribution in [0.2, 0.25) is 0 Å². The molecule has 4 rings (SSSR count). The van der Waals surface area contributed by atoms with Crippen molar-refractivity contribution in [2.45, 2.75) is 13.3 Å². The van der Waals surface area contributed by atoms with Crippen molar-refractivity contribution in [3.63, 3.8) is 0 Å². The summed E-state index contributed by atoms with van der Waals surface area (Å²) in [6, 6.07) is 19.3. The summed E-state index contributed by atoms with van der Waals surface area (Å²) >= 11 is 0. The van der Waals surface area contributed by atoms with Gasteiger partial charge in [0.2, 0.25) is 0 Å². The number of aromatic amines is 1. The van der Waals surface area contributed by atoms with Crippen molar-refractivity contribution >= 4 is 22.4 Å². The number of hydrogen-bond acceptors (Lipinski definition) is 4. The molecule has 0 aliphatic rings. The number of H-pyrrole nitrogens is 1. The monoisotopic (exact) mass is 385 g/mol. The first kappa shape index (κ1) is 18.4. The van der Waals surface area contributed by atoms with Crippen LogP contribution in [0.4, 0.5) is 5.69 Å². The molecule has 1 heterocycles. The summed E-state index contributed by atoms with van der Waals surface area (Å²) in [5.74, 6) is -0.0628. The minimum Gasteiger partial charge on any atom is -0.507 e. The zero-order chi connectivity index (χ0) is 20.4. The van der Waals surface area contributed by atoms with E-state index >= 15 is 0 Å². The summed E-state index contributed by atoms with van der Waals surface area (Å²) in [5, 5.41) is 14.8. The largest absolute Gasteiger partial charge is 0.507 e. The van der Waals surface area contributed by atoms with Crippen LogP contribution in [-0.4, -0.2) is 21.0 Å². The van der Waals surface area contributed by atoms with E-state index in [0.717, 1.165) is 10.8 Å². The molecule has 4 aromatic rings. The number of anilines is 1. The van der Waals surface area contributed by atoms with E-state index in [2.05, 4.69) is 15.3 Å². The van der Waals surface area contributed by atoms with Gasteiger partial charge in [0.25, 0.3) is 11.5 Å². The highest BCUT2D eigenvalue weighted by Crippen LogP contribution is 2.26. The van der Waals surface area contributed by atoms with E-state index in [1.807, 2.05) is 31.2 Å². The van der Waals surface area contributed by atoms with Crippen molar-refractivity contribution in [1.82, 2.24) is 9.97 Å². The van der Waals surface area contributed by atoms with Gasteiger partial charge < -0.3 is 15.4 Å². The number of carbonyl (C=O) groups is 1. The van der Waals surface area contributed by atoms with E-state index in [1.165, 1.54) is 6.07 Å². The Hall–Kier alpha value is -3.93. The Balaban J connectivity index is 1.65. The van der Waals surface area contributed by atoms with Crippen LogP contribution >= 0.6 is 0 Å². The van der Waals surface area contributed by atoms with Crippen LogP contribution in [0, 0.1) is 0 Å². The van der Waals surface area contributed by atoms with Gasteiger partial charge in [-0.15, -0.1) is 0 Å². The number of benzene rings is 3. The van der Waals surface area contributed by atoms with E-state index in [9.17, 15) is 14.7 Å². The van der Waals surface area contributed by atoms with Crippen LogP contribution < -0.4 is 10.9 Å². The number of phenols is 1. The molecule has 0 atom stereocenters. The fourth-order valence-corrected chi connectivity index (χ4v) is 3.18. The van der Waals surface area contributed by atoms with E-state index in [4.69, 9.17) is 0 Å². The number of carbonyl (C=O) groups excluding carboxylic acids is 1. The molecule has 0 saturated carbocycles. The number of aromatic nitrogens is 2. The van der Waals surface area contributed by atoms with Crippen molar-refractivity contribution in [3.05, 3.63) is 88.3 Å². The molecule has 0 saturated heterocycles. The molecule has 0 radical (unpaired) electrons. The molecule has 6 heteroatoms. The fourth-order valence-electron chi connectivity index (χ4n) is 3.18. The first-order chi connectivity index (χ1) is 14.0. The average Bonchev–Trinajstić information content (AvgIpc) is 2.73. The molecule has 3 N–H and O–H groups in total. The highest BCUT2D eigenvalue weighted by atomic mass is 16.3. The number of fused-ring (bicyclic) bond motifs is 1. The van der Waals surface area contributed by atoms with Gasteiger partial charge in [-0.3, -0.25) is 9.59 Å². The molecule has 0 spiro atoms. The topological polar surface area (TPSA) is 95.1 Å². The Kier molecular flexibility index (Phi) is 4.83. The first-order valence-electron chi connectivity index (χ1n) is 9.27. The minimum atomic E-state index is -0.422. The number of phenolic OH excluding ortho intramolecular Hbond substituents is 1. The van der Waals surface area contributed by atoms with Crippen LogP contribution in [-0.2, 0) is 6.42 Å². The van der Waals surface area contributed by atoms with Crippen molar-refractivity contribution in [2.75, 3.05) is 5.32 Å². The van der Waals surface area contributed by atoms with Crippen molar-refractivity contribution < 1.29 is 9.90 Å². The van der Waals surface area contributed by atoms with Gasteiger partial charge in [-0.2, -0.15) is 0 Å². The lowest BCUT2D eigenvalue weighted by atomic mass is 10.1. The van der Waals surface area contributed by atoms with Crippen molar-refractivity contribution in [3.8, 4) is 17.1 Å². The van der Waals surface area contributed by atoms with Crippen LogP contribution in [0.3, 0.4) is 0 Å². The predicted octanol–water partition coefficient (Wildman–Crippen LogP) is 4.11. The Morgan fingerprint density at radius 2 is 1.79 bits per heavy atom. The van der Waals surface area contributed by atoms with Crippen molar-refractivity contribution in [1.29, 1.82) is 0 Å². The maximum atomic E-state index is 12.7. The van der Waals surface area contributed by atoms with Gasteiger partial charge in [-0.1, -0.05) is 43.3 Å². The summed E-state index contributed by atoms with van der Waals surface area (Å²) in [5.41, 5.74) is 1.87. The summed E-state index contributed by atoms with van der Waals surface area (Å²) in [6.07, 6.45) is 0.647. The number of nitrogens with one attached hydrogen (secondary N) is 2. The van der Waals surface area contributed by atoms with E-state index in [0.29, 0.717) is 29.2 Å². The van der Waals surface area contributed by atoms with Gasteiger partial charge >= 0.3 is 0 Å². The Labute approximate surface area is 166 Å². The molecule has 144 valence electrons. The summed E-state index contributed by atoms with van der Waals surface area (Å²) < 4.78 is 0. The molecule has 0 aliphatic heterocycles. The van der Waals surface area contributed by atoms with Crippen LogP contribution in [0.15, 0.2) is 71.5 Å². The third-order valence-corrected chi connectivity index (χ3v) is 4.66. The Morgan fingerprint density at radius 3 is 2.55 bits per heavy atom. The summed E-state index contributed by atoms with van der Waals surface area (Å²) in [7, 11) is 0. The normalized spacial score (nSPS) is 10.8. The minimum absolute atomic E-state index is 0.0843. The van der Waals surface area contributed by atoms with Gasteiger partial charge in [-0.25, -0.2) is 4.98 Å². The summed E-state index contributed by atoms with van der Waals surface area (Å²) in [6.45, 7) is 1.93. The fraction of sp³-hybridized carbons (Fsp3) is 0.0870. The molecule has 29 heavy (non-hydrogen) atoms. The van der Waals surface area contributed by atoms with Crippen LogP contribution in [0.5, 0.6) is 5.75 Å². The second-order valence-corrected chi connectivity index (χ2v) is 6.69. The zero-order valence-corrected chi connectivity index (χ0v) is 15.8. The molecule has 0 aliphatic carbocycles. The number of aryl methyl sites for hydroxylation is 1. The number of rotatable bonds is 4. The van der Waals surface area contributed by atoms with E-state index in [1.54, 1.807) is 36.4 Å². The third kappa shape index (κ3) is 3.87. The lowest BCUT2D eigenvalue weighted by Crippen LogP contribution is -2.13. The lowest BCUT2D eigenvalue weighted by Gasteiger charge is -2.10. The molecule has 1 amide bonds.